The zero-order valence-corrected chi connectivity index (χ0v) is 5.70. The molecule has 0 aliphatic carbocycles. The number of aliphatic hydroxyl groups is 1. The maximum absolute atomic E-state index is 10.5. The van der Waals surface area contributed by atoms with Crippen LogP contribution in [0.25, 0.3) is 0 Å². The van der Waals surface area contributed by atoms with Crippen LogP contribution >= 0.6 is 0 Å². The molecule has 5 nitrogen and oxygen atoms in total. The molecule has 0 aliphatic heterocycles. The Hall–Kier alpha value is -1.10. The van der Waals surface area contributed by atoms with Crippen molar-refractivity contribution in [1.29, 1.82) is 0 Å². The van der Waals surface area contributed by atoms with E-state index in [0.29, 0.717) is 0 Å². The Morgan fingerprint density at radius 3 is 2.20 bits per heavy atom. The average Bonchev–Trinajstić information content (AvgIpc) is 1.81. The van der Waals surface area contributed by atoms with Gasteiger partial charge in [0.05, 0.1) is 13.2 Å². The summed E-state index contributed by atoms with van der Waals surface area (Å²) in [6.07, 6.45) is 0. The number of primary amides is 1. The highest BCUT2D eigenvalue weighted by atomic mass is 16.3. The van der Waals surface area contributed by atoms with Crippen LogP contribution in [0.3, 0.4) is 0 Å². The SMILES string of the molecule is CC(=O)N(CCO)C(N)=O. The van der Waals surface area contributed by atoms with Gasteiger partial charge in [-0.25, -0.2) is 4.79 Å². The van der Waals surface area contributed by atoms with Crippen LogP contribution in [0.4, 0.5) is 4.79 Å². The van der Waals surface area contributed by atoms with Crippen molar-refractivity contribution < 1.29 is 14.7 Å². The first-order valence-electron chi connectivity index (χ1n) is 2.78. The fourth-order valence-corrected chi connectivity index (χ4v) is 0.523. The van der Waals surface area contributed by atoms with Gasteiger partial charge in [-0.2, -0.15) is 0 Å². The number of hydrogen-bond donors (Lipinski definition) is 2. The van der Waals surface area contributed by atoms with Gasteiger partial charge in [-0.15, -0.1) is 0 Å². The molecule has 0 bridgehead atoms. The van der Waals surface area contributed by atoms with Gasteiger partial charge in [0.15, 0.2) is 0 Å². The van der Waals surface area contributed by atoms with Crippen LogP contribution in [0.2, 0.25) is 0 Å². The largest absolute Gasteiger partial charge is 0.395 e. The zero-order valence-electron chi connectivity index (χ0n) is 5.70. The van der Waals surface area contributed by atoms with Crippen molar-refractivity contribution >= 4 is 11.9 Å². The Morgan fingerprint density at radius 2 is 2.10 bits per heavy atom. The standard InChI is InChI=1S/C5H10N2O3/c1-4(9)7(2-3-8)5(6)10/h8H,2-3H2,1H3,(H2,6,10). The molecule has 0 fully saturated rings. The first-order valence-corrected chi connectivity index (χ1v) is 2.78. The predicted molar refractivity (Wildman–Crippen MR) is 34.1 cm³/mol. The van der Waals surface area contributed by atoms with Crippen LogP contribution in [0, 0.1) is 0 Å². The van der Waals surface area contributed by atoms with Gasteiger partial charge in [-0.1, -0.05) is 0 Å². The lowest BCUT2D eigenvalue weighted by atomic mass is 10.5. The highest BCUT2D eigenvalue weighted by Gasteiger charge is 2.12. The van der Waals surface area contributed by atoms with E-state index in [4.69, 9.17) is 10.8 Å². The smallest absolute Gasteiger partial charge is 0.321 e. The van der Waals surface area contributed by atoms with Gasteiger partial charge in [-0.3, -0.25) is 9.69 Å². The molecule has 0 unspecified atom stereocenters. The molecule has 5 heteroatoms. The van der Waals surface area contributed by atoms with Gasteiger partial charge in [0.25, 0.3) is 0 Å². The van der Waals surface area contributed by atoms with E-state index in [1.165, 1.54) is 6.92 Å². The molecule has 10 heavy (non-hydrogen) atoms. The van der Waals surface area contributed by atoms with E-state index in [-0.39, 0.29) is 13.2 Å². The third-order valence-electron chi connectivity index (χ3n) is 0.970. The molecule has 3 N–H and O–H groups in total. The lowest BCUT2D eigenvalue weighted by Crippen LogP contribution is -2.40. The van der Waals surface area contributed by atoms with Gasteiger partial charge in [0.1, 0.15) is 0 Å². The minimum atomic E-state index is -0.832. The summed E-state index contributed by atoms with van der Waals surface area (Å²) in [5, 5.41) is 8.33. The minimum Gasteiger partial charge on any atom is -0.395 e. The number of carbonyl (C=O) groups is 2. The monoisotopic (exact) mass is 146 g/mol. The topological polar surface area (TPSA) is 83.6 Å². The normalized spacial score (nSPS) is 9.00. The highest BCUT2D eigenvalue weighted by molar-refractivity contribution is 5.92. The number of aliphatic hydroxyl groups excluding tert-OH is 1. The summed E-state index contributed by atoms with van der Waals surface area (Å²) >= 11 is 0. The molecule has 0 aromatic rings. The van der Waals surface area contributed by atoms with Gasteiger partial charge < -0.3 is 10.8 Å². The number of rotatable bonds is 2. The fraction of sp³-hybridized carbons (Fsp3) is 0.600. The second kappa shape index (κ2) is 3.84. The quantitative estimate of drug-likeness (QED) is 0.519. The molecular weight excluding hydrogens is 136 g/mol. The molecule has 3 amide bonds. The van der Waals surface area contributed by atoms with Crippen molar-refractivity contribution in [3.63, 3.8) is 0 Å². The van der Waals surface area contributed by atoms with Gasteiger partial charge in [-0.05, 0) is 0 Å². The second-order valence-electron chi connectivity index (χ2n) is 1.73. The van der Waals surface area contributed by atoms with Crippen LogP contribution in [-0.2, 0) is 4.79 Å². The molecule has 0 rings (SSSR count). The summed E-state index contributed by atoms with van der Waals surface area (Å²) < 4.78 is 0. The molecule has 0 aromatic heterocycles. The third kappa shape index (κ3) is 2.45. The Kier molecular flexibility index (Phi) is 3.42. The van der Waals surface area contributed by atoms with E-state index >= 15 is 0 Å². The van der Waals surface area contributed by atoms with E-state index in [1.54, 1.807) is 0 Å². The molecule has 0 radical (unpaired) electrons. The summed E-state index contributed by atoms with van der Waals surface area (Å²) in [6, 6.07) is -0.832. The fourth-order valence-electron chi connectivity index (χ4n) is 0.523. The Bertz CT molecular complexity index is 132. The lowest BCUT2D eigenvalue weighted by molar-refractivity contribution is -0.126. The number of nitrogens with two attached hydrogens (primary N) is 1. The second-order valence-corrected chi connectivity index (χ2v) is 1.73. The zero-order chi connectivity index (χ0) is 8.15. The van der Waals surface area contributed by atoms with Crippen LogP contribution in [0.5, 0.6) is 0 Å². The number of amides is 3. The van der Waals surface area contributed by atoms with E-state index in [9.17, 15) is 9.59 Å². The molecule has 0 aliphatic rings. The number of imide groups is 1. The molecule has 0 atom stereocenters. The van der Waals surface area contributed by atoms with Crippen molar-refractivity contribution in [3.05, 3.63) is 0 Å². The predicted octanol–water partition coefficient (Wildman–Crippen LogP) is -1.09. The Labute approximate surface area is 58.4 Å². The summed E-state index contributed by atoms with van der Waals surface area (Å²) in [4.78, 5) is 21.6. The molecule has 58 valence electrons. The Morgan fingerprint density at radius 1 is 1.60 bits per heavy atom. The summed E-state index contributed by atoms with van der Waals surface area (Å²) in [6.45, 7) is 0.910. The van der Waals surface area contributed by atoms with E-state index < -0.39 is 11.9 Å². The van der Waals surface area contributed by atoms with Crippen molar-refractivity contribution in [2.75, 3.05) is 13.2 Å². The average molecular weight is 146 g/mol. The van der Waals surface area contributed by atoms with Crippen molar-refractivity contribution in [3.8, 4) is 0 Å². The Balaban J connectivity index is 3.98. The van der Waals surface area contributed by atoms with E-state index in [1.807, 2.05) is 0 Å². The van der Waals surface area contributed by atoms with Crippen molar-refractivity contribution in [2.24, 2.45) is 5.73 Å². The van der Waals surface area contributed by atoms with E-state index in [2.05, 4.69) is 0 Å². The summed E-state index contributed by atoms with van der Waals surface area (Å²) in [5.74, 6) is -0.457. The number of nitrogens with zero attached hydrogens (tertiary/aromatic N) is 1. The molecule has 0 spiro atoms. The molecule has 0 heterocycles. The minimum absolute atomic E-state index is 0.0370. The highest BCUT2D eigenvalue weighted by Crippen LogP contribution is 1.86. The maximum Gasteiger partial charge on any atom is 0.321 e. The first-order chi connectivity index (χ1) is 4.59. The number of urea groups is 1. The van der Waals surface area contributed by atoms with Gasteiger partial charge in [0, 0.05) is 6.92 Å². The van der Waals surface area contributed by atoms with Crippen LogP contribution < -0.4 is 5.73 Å². The summed E-state index contributed by atoms with van der Waals surface area (Å²) in [7, 11) is 0. The van der Waals surface area contributed by atoms with Gasteiger partial charge in [0.2, 0.25) is 5.91 Å². The number of carbonyl (C=O) groups excluding carboxylic acids is 2. The molecule has 0 aromatic carbocycles. The molecule has 0 saturated heterocycles. The maximum atomic E-state index is 10.5. The van der Waals surface area contributed by atoms with Crippen molar-refractivity contribution in [2.45, 2.75) is 6.92 Å². The summed E-state index contributed by atoms with van der Waals surface area (Å²) in [5.41, 5.74) is 4.78. The first kappa shape index (κ1) is 8.90. The molecule has 0 saturated carbocycles. The third-order valence-corrected chi connectivity index (χ3v) is 0.970. The van der Waals surface area contributed by atoms with Crippen LogP contribution in [0.15, 0.2) is 0 Å². The van der Waals surface area contributed by atoms with Crippen molar-refractivity contribution in [1.82, 2.24) is 4.90 Å². The van der Waals surface area contributed by atoms with Crippen LogP contribution in [-0.4, -0.2) is 35.1 Å². The van der Waals surface area contributed by atoms with Crippen LogP contribution in [0.1, 0.15) is 6.92 Å². The van der Waals surface area contributed by atoms with Gasteiger partial charge >= 0.3 is 6.03 Å². The van der Waals surface area contributed by atoms with E-state index in [0.717, 1.165) is 4.90 Å². The number of hydrogen-bond acceptors (Lipinski definition) is 3. The molecular formula is C5H10N2O3. The lowest BCUT2D eigenvalue weighted by Gasteiger charge is -2.13.